The van der Waals surface area contributed by atoms with Crippen molar-refractivity contribution in [3.05, 3.63) is 141 Å². The molecule has 2 bridgehead atoms. The van der Waals surface area contributed by atoms with Crippen molar-refractivity contribution in [3.8, 4) is 11.3 Å². The van der Waals surface area contributed by atoms with Crippen molar-refractivity contribution in [1.82, 2.24) is 9.88 Å². The van der Waals surface area contributed by atoms with Crippen LogP contribution in [0.25, 0.3) is 11.3 Å². The van der Waals surface area contributed by atoms with Crippen LogP contribution in [0.4, 0.5) is 5.13 Å². The molecule has 0 radical (unpaired) electrons. The van der Waals surface area contributed by atoms with Gasteiger partial charge >= 0.3 is 0 Å². The molecule has 3 aliphatic rings. The number of nitrogens with zero attached hydrogens (tertiary/aromatic N) is 2. The number of aromatic nitrogens is 1. The Morgan fingerprint density at radius 1 is 0.909 bits per heavy atom. The van der Waals surface area contributed by atoms with Gasteiger partial charge in [0.25, 0.3) is 5.91 Å². The molecular weight excluding hydrogens is 563 g/mol. The van der Waals surface area contributed by atoms with Gasteiger partial charge in [-0.25, -0.2) is 4.98 Å². The molecule has 5 aromatic rings. The number of hydrogen-bond donors (Lipinski definition) is 1. The number of fused-ring (bicyclic) bond motifs is 1. The minimum absolute atomic E-state index is 0.00368. The maximum absolute atomic E-state index is 14.1. The van der Waals surface area contributed by atoms with Gasteiger partial charge in [0.2, 0.25) is 5.91 Å². The van der Waals surface area contributed by atoms with E-state index >= 15 is 0 Å². The van der Waals surface area contributed by atoms with Crippen LogP contribution in [0.5, 0.6) is 0 Å². The average molecular weight is 598 g/mol. The molecule has 220 valence electrons. The van der Waals surface area contributed by atoms with Gasteiger partial charge in [-0.2, -0.15) is 0 Å². The summed E-state index contributed by atoms with van der Waals surface area (Å²) in [7, 11) is 0. The summed E-state index contributed by atoms with van der Waals surface area (Å²) >= 11 is 1.42. The average Bonchev–Trinajstić information content (AvgIpc) is 3.53. The van der Waals surface area contributed by atoms with Crippen molar-refractivity contribution in [2.24, 2.45) is 5.41 Å². The maximum Gasteiger partial charge on any atom is 0.254 e. The highest BCUT2D eigenvalue weighted by atomic mass is 32.1. The molecule has 1 aromatic heterocycles. The number of amides is 2. The van der Waals surface area contributed by atoms with Crippen LogP contribution in [0.3, 0.4) is 0 Å². The molecular formula is C38H35N3O2S. The van der Waals surface area contributed by atoms with Crippen LogP contribution >= 0.6 is 11.3 Å². The van der Waals surface area contributed by atoms with Gasteiger partial charge in [0.15, 0.2) is 5.13 Å². The number of aryl methyl sites for hydroxylation is 1. The molecule has 5 nitrogen and oxygen atoms in total. The predicted molar refractivity (Wildman–Crippen MR) is 177 cm³/mol. The van der Waals surface area contributed by atoms with E-state index in [0.717, 1.165) is 23.2 Å². The molecule has 0 spiro atoms. The van der Waals surface area contributed by atoms with Crippen molar-refractivity contribution < 1.29 is 9.59 Å². The molecule has 0 saturated heterocycles. The minimum Gasteiger partial charge on any atom is -0.335 e. The first-order valence-corrected chi connectivity index (χ1v) is 16.1. The fraction of sp³-hybridized carbons (Fsp3) is 0.237. The van der Waals surface area contributed by atoms with Crippen LogP contribution in [0, 0.1) is 12.3 Å². The number of hydrogen-bond acceptors (Lipinski definition) is 4. The van der Waals surface area contributed by atoms with E-state index in [0.29, 0.717) is 23.8 Å². The van der Waals surface area contributed by atoms with E-state index in [9.17, 15) is 9.59 Å². The van der Waals surface area contributed by atoms with Gasteiger partial charge in [-0.15, -0.1) is 11.3 Å². The van der Waals surface area contributed by atoms with Crippen LogP contribution in [-0.2, 0) is 11.3 Å². The van der Waals surface area contributed by atoms with Crippen LogP contribution in [0.2, 0.25) is 0 Å². The van der Waals surface area contributed by atoms with Crippen molar-refractivity contribution in [2.75, 3.05) is 11.9 Å². The highest BCUT2D eigenvalue weighted by Crippen LogP contribution is 2.61. The largest absolute Gasteiger partial charge is 0.335 e. The number of carbonyl (C=O) groups excluding carboxylic acids is 2. The van der Waals surface area contributed by atoms with E-state index in [1.54, 1.807) is 0 Å². The van der Waals surface area contributed by atoms with Crippen molar-refractivity contribution in [2.45, 2.75) is 45.6 Å². The van der Waals surface area contributed by atoms with Crippen molar-refractivity contribution in [1.29, 1.82) is 0 Å². The molecule has 1 heterocycles. The zero-order valence-electron chi connectivity index (χ0n) is 25.2. The Balaban J connectivity index is 1.11. The first kappa shape index (κ1) is 28.2. The second-order valence-corrected chi connectivity index (χ2v) is 13.1. The summed E-state index contributed by atoms with van der Waals surface area (Å²) in [4.78, 5) is 34.2. The Labute approximate surface area is 262 Å². The molecule has 1 unspecified atom stereocenters. The topological polar surface area (TPSA) is 62.3 Å². The van der Waals surface area contributed by atoms with Crippen molar-refractivity contribution >= 4 is 28.3 Å². The van der Waals surface area contributed by atoms with Crippen LogP contribution in [0.1, 0.15) is 75.8 Å². The zero-order valence-corrected chi connectivity index (χ0v) is 26.0. The van der Waals surface area contributed by atoms with Gasteiger partial charge in [-0.05, 0) is 67.1 Å². The predicted octanol–water partition coefficient (Wildman–Crippen LogP) is 8.41. The third-order valence-corrected chi connectivity index (χ3v) is 10.2. The quantitative estimate of drug-likeness (QED) is 0.205. The lowest BCUT2D eigenvalue weighted by atomic mass is 9.52. The number of nitrogens with one attached hydrogen (secondary N) is 1. The lowest BCUT2D eigenvalue weighted by Gasteiger charge is -2.50. The Hall–Kier alpha value is -4.55. The van der Waals surface area contributed by atoms with E-state index < -0.39 is 5.41 Å². The van der Waals surface area contributed by atoms with Gasteiger partial charge in [0.05, 0.1) is 11.1 Å². The fourth-order valence-corrected chi connectivity index (χ4v) is 7.84. The molecule has 0 fully saturated rings. The summed E-state index contributed by atoms with van der Waals surface area (Å²) in [5.74, 6) is 0.169. The van der Waals surface area contributed by atoms with Crippen molar-refractivity contribution in [3.63, 3.8) is 0 Å². The van der Waals surface area contributed by atoms with E-state index in [-0.39, 0.29) is 23.7 Å². The van der Waals surface area contributed by atoms with Gasteiger partial charge in [-0.3, -0.25) is 9.59 Å². The van der Waals surface area contributed by atoms with E-state index in [1.165, 1.54) is 39.2 Å². The molecule has 1 atom stereocenters. The molecule has 0 aliphatic heterocycles. The lowest BCUT2D eigenvalue weighted by Crippen LogP contribution is -2.47. The number of carbonyl (C=O) groups is 2. The van der Waals surface area contributed by atoms with E-state index in [4.69, 9.17) is 4.98 Å². The molecule has 6 heteroatoms. The molecule has 44 heavy (non-hydrogen) atoms. The van der Waals surface area contributed by atoms with Gasteiger partial charge in [0, 0.05) is 41.4 Å². The molecule has 0 saturated carbocycles. The SMILES string of the molecule is CCN(Cc1ccc(C)cc1)C(=O)c1cccc(-c2csc(NC(=O)C3(C)CC4c5ccccc5C3c3ccccc34)n2)c1. The summed E-state index contributed by atoms with van der Waals surface area (Å²) in [6.45, 7) is 7.33. The van der Waals surface area contributed by atoms with Crippen LogP contribution < -0.4 is 5.32 Å². The first-order valence-electron chi connectivity index (χ1n) is 15.3. The third kappa shape index (κ3) is 4.83. The van der Waals surface area contributed by atoms with Gasteiger partial charge in [-0.1, -0.05) is 90.5 Å². The monoisotopic (exact) mass is 597 g/mol. The van der Waals surface area contributed by atoms with Crippen LogP contribution in [0.15, 0.2) is 102 Å². The number of benzene rings is 4. The van der Waals surface area contributed by atoms with Gasteiger partial charge < -0.3 is 10.2 Å². The number of thiazole rings is 1. The first-order chi connectivity index (χ1) is 21.4. The molecule has 2 amide bonds. The summed E-state index contributed by atoms with van der Waals surface area (Å²) in [5, 5.41) is 5.70. The van der Waals surface area contributed by atoms with Crippen LogP contribution in [-0.4, -0.2) is 28.2 Å². The normalized spacial score (nSPS) is 19.6. The minimum atomic E-state index is -0.605. The Morgan fingerprint density at radius 3 is 2.23 bits per heavy atom. The maximum atomic E-state index is 14.1. The summed E-state index contributed by atoms with van der Waals surface area (Å²) in [6, 6.07) is 33.1. The Bertz CT molecular complexity index is 1830. The molecule has 3 aliphatic carbocycles. The zero-order chi connectivity index (χ0) is 30.4. The van der Waals surface area contributed by atoms with E-state index in [1.807, 2.05) is 41.5 Å². The number of anilines is 1. The fourth-order valence-electron chi connectivity index (χ4n) is 7.13. The Morgan fingerprint density at radius 2 is 1.57 bits per heavy atom. The number of rotatable bonds is 7. The lowest BCUT2D eigenvalue weighted by molar-refractivity contribution is -0.126. The highest BCUT2D eigenvalue weighted by Gasteiger charge is 2.54. The van der Waals surface area contributed by atoms with E-state index in [2.05, 4.69) is 92.0 Å². The molecule has 1 N–H and O–H groups in total. The van der Waals surface area contributed by atoms with Gasteiger partial charge in [0.1, 0.15) is 0 Å². The molecule has 4 aromatic carbocycles. The summed E-state index contributed by atoms with van der Waals surface area (Å²) < 4.78 is 0. The standard InChI is InChI=1S/C38H35N3O2S/c1-4-41(22-25-18-16-24(2)17-19-25)35(42)27-11-9-10-26(20-27)33-23-44-37(39-33)40-36(43)38(3)21-32-28-12-5-7-14-30(28)34(38)31-15-8-6-13-29(31)32/h5-20,23,32,34H,4,21-22H2,1-3H3,(H,39,40,43). The second kappa shape index (κ2) is 11.2. The molecule has 8 rings (SSSR count). The summed E-state index contributed by atoms with van der Waals surface area (Å²) in [6.07, 6.45) is 0.760. The third-order valence-electron chi connectivity index (χ3n) is 9.44. The highest BCUT2D eigenvalue weighted by molar-refractivity contribution is 7.14. The summed E-state index contributed by atoms with van der Waals surface area (Å²) in [5.41, 5.74) is 9.11. The Kier molecular flexibility index (Phi) is 7.17. The second-order valence-electron chi connectivity index (χ2n) is 12.2. The smallest absolute Gasteiger partial charge is 0.254 e.